The van der Waals surface area contributed by atoms with E-state index in [9.17, 15) is 4.79 Å². The molecule has 0 bridgehead atoms. The minimum absolute atomic E-state index is 0. The first-order valence-electron chi connectivity index (χ1n) is 6.56. The molecule has 2 aromatic heterocycles. The molecule has 0 unspecified atom stereocenters. The molecule has 118 valence electrons. The average molecular weight is 342 g/mol. The van der Waals surface area contributed by atoms with Crippen LogP contribution in [0.2, 0.25) is 0 Å². The van der Waals surface area contributed by atoms with Crippen LogP contribution in [0.4, 0.5) is 5.95 Å². The molecule has 6 nitrogen and oxygen atoms in total. The summed E-state index contributed by atoms with van der Waals surface area (Å²) in [7, 11) is 0. The van der Waals surface area contributed by atoms with Gasteiger partial charge in [0.15, 0.2) is 0 Å². The third kappa shape index (κ3) is 4.05. The Morgan fingerprint density at radius 2 is 1.50 bits per heavy atom. The second-order valence-corrected chi connectivity index (χ2v) is 4.56. The summed E-state index contributed by atoms with van der Waals surface area (Å²) in [5, 5.41) is 0. The number of hydrogen-bond donors (Lipinski definition) is 0. The summed E-state index contributed by atoms with van der Waals surface area (Å²) in [6.07, 6.45) is 6.75. The van der Waals surface area contributed by atoms with Gasteiger partial charge < -0.3 is 9.80 Å². The van der Waals surface area contributed by atoms with Crippen LogP contribution >= 0.6 is 24.8 Å². The van der Waals surface area contributed by atoms with Gasteiger partial charge in [0.1, 0.15) is 0 Å². The number of piperazine rings is 1. The van der Waals surface area contributed by atoms with Crippen molar-refractivity contribution in [2.24, 2.45) is 0 Å². The van der Waals surface area contributed by atoms with Crippen LogP contribution in [0.1, 0.15) is 10.4 Å². The highest BCUT2D eigenvalue weighted by Crippen LogP contribution is 2.12. The lowest BCUT2D eigenvalue weighted by Gasteiger charge is -2.34. The van der Waals surface area contributed by atoms with Crippen LogP contribution < -0.4 is 4.90 Å². The predicted molar refractivity (Wildman–Crippen MR) is 88.9 cm³/mol. The maximum Gasteiger partial charge on any atom is 0.254 e. The number of nitrogens with zero attached hydrogens (tertiary/aromatic N) is 5. The SMILES string of the molecule is Cl.Cl.O=C(c1ccncc1)N1CCN(c2ncccn2)CC1. The molecule has 1 aliphatic rings. The number of amides is 1. The first-order chi connectivity index (χ1) is 9.84. The van der Waals surface area contributed by atoms with Crippen molar-refractivity contribution >= 4 is 36.7 Å². The number of carbonyl (C=O) groups is 1. The first kappa shape index (κ1) is 18.1. The lowest BCUT2D eigenvalue weighted by Crippen LogP contribution is -2.49. The number of pyridine rings is 1. The summed E-state index contributed by atoms with van der Waals surface area (Å²) in [5.41, 5.74) is 0.685. The molecule has 1 amide bonds. The number of rotatable bonds is 2. The van der Waals surface area contributed by atoms with E-state index in [1.54, 1.807) is 43.0 Å². The zero-order chi connectivity index (χ0) is 13.8. The number of carbonyl (C=O) groups excluding carboxylic acids is 1. The summed E-state index contributed by atoms with van der Waals surface area (Å²) >= 11 is 0. The molecular weight excluding hydrogens is 325 g/mol. The van der Waals surface area contributed by atoms with Gasteiger partial charge in [0, 0.05) is 56.5 Å². The van der Waals surface area contributed by atoms with Gasteiger partial charge in [-0.1, -0.05) is 0 Å². The van der Waals surface area contributed by atoms with Crippen LogP contribution in [0.15, 0.2) is 43.0 Å². The van der Waals surface area contributed by atoms with Gasteiger partial charge in [-0.2, -0.15) is 0 Å². The molecule has 1 aliphatic heterocycles. The van der Waals surface area contributed by atoms with Crippen LogP contribution in [-0.4, -0.2) is 51.9 Å². The fraction of sp³-hybridized carbons (Fsp3) is 0.286. The van der Waals surface area contributed by atoms with Crippen LogP contribution in [0.3, 0.4) is 0 Å². The van der Waals surface area contributed by atoms with E-state index in [-0.39, 0.29) is 30.7 Å². The minimum Gasteiger partial charge on any atom is -0.337 e. The van der Waals surface area contributed by atoms with Crippen molar-refractivity contribution in [3.63, 3.8) is 0 Å². The highest BCUT2D eigenvalue weighted by Gasteiger charge is 2.23. The van der Waals surface area contributed by atoms with Crippen LogP contribution in [-0.2, 0) is 0 Å². The molecule has 1 fully saturated rings. The first-order valence-corrected chi connectivity index (χ1v) is 6.56. The largest absolute Gasteiger partial charge is 0.337 e. The molecule has 0 N–H and O–H groups in total. The zero-order valence-corrected chi connectivity index (χ0v) is 13.5. The minimum atomic E-state index is 0. The number of halogens is 2. The van der Waals surface area contributed by atoms with E-state index in [1.807, 2.05) is 4.90 Å². The Bertz CT molecular complexity index is 576. The third-order valence-electron chi connectivity index (χ3n) is 3.33. The summed E-state index contributed by atoms with van der Waals surface area (Å²) in [4.78, 5) is 28.6. The second-order valence-electron chi connectivity index (χ2n) is 4.56. The number of hydrogen-bond acceptors (Lipinski definition) is 5. The smallest absolute Gasteiger partial charge is 0.254 e. The van der Waals surface area contributed by atoms with Crippen molar-refractivity contribution in [1.82, 2.24) is 19.9 Å². The summed E-state index contributed by atoms with van der Waals surface area (Å²) in [5.74, 6) is 0.782. The third-order valence-corrected chi connectivity index (χ3v) is 3.33. The van der Waals surface area contributed by atoms with Crippen LogP contribution in [0.25, 0.3) is 0 Å². The molecule has 0 saturated carbocycles. The second kappa shape index (κ2) is 8.51. The number of aromatic nitrogens is 3. The van der Waals surface area contributed by atoms with Crippen molar-refractivity contribution in [2.75, 3.05) is 31.1 Å². The Kier molecular flexibility index (Phi) is 7.01. The fourth-order valence-corrected chi connectivity index (χ4v) is 2.24. The normalized spacial score (nSPS) is 13.8. The highest BCUT2D eigenvalue weighted by atomic mass is 35.5. The Labute approximate surface area is 141 Å². The van der Waals surface area contributed by atoms with E-state index in [0.29, 0.717) is 18.7 Å². The van der Waals surface area contributed by atoms with Gasteiger partial charge in [0.05, 0.1) is 0 Å². The van der Waals surface area contributed by atoms with Crippen molar-refractivity contribution in [1.29, 1.82) is 0 Å². The van der Waals surface area contributed by atoms with Gasteiger partial charge >= 0.3 is 0 Å². The molecule has 3 heterocycles. The molecule has 1 saturated heterocycles. The Hall–Kier alpha value is -1.92. The molecule has 2 aromatic rings. The van der Waals surface area contributed by atoms with Gasteiger partial charge in [-0.3, -0.25) is 9.78 Å². The van der Waals surface area contributed by atoms with E-state index in [4.69, 9.17) is 0 Å². The van der Waals surface area contributed by atoms with Crippen molar-refractivity contribution < 1.29 is 4.79 Å². The van der Waals surface area contributed by atoms with Gasteiger partial charge in [-0.15, -0.1) is 24.8 Å². The fourth-order valence-electron chi connectivity index (χ4n) is 2.24. The summed E-state index contributed by atoms with van der Waals surface area (Å²) in [6.45, 7) is 2.86. The van der Waals surface area contributed by atoms with Crippen molar-refractivity contribution in [2.45, 2.75) is 0 Å². The van der Waals surface area contributed by atoms with Gasteiger partial charge in [0.2, 0.25) is 5.95 Å². The Morgan fingerprint density at radius 3 is 2.09 bits per heavy atom. The molecule has 0 atom stereocenters. The Morgan fingerprint density at radius 1 is 0.909 bits per heavy atom. The Balaban J connectivity index is 0.00000121. The van der Waals surface area contributed by atoms with E-state index >= 15 is 0 Å². The van der Waals surface area contributed by atoms with E-state index in [2.05, 4.69) is 19.9 Å². The topological polar surface area (TPSA) is 62.2 Å². The van der Waals surface area contributed by atoms with Gasteiger partial charge in [0.25, 0.3) is 5.91 Å². The average Bonchev–Trinajstić information content (AvgIpc) is 2.56. The molecule has 0 aliphatic carbocycles. The maximum absolute atomic E-state index is 12.3. The highest BCUT2D eigenvalue weighted by molar-refractivity contribution is 5.94. The van der Waals surface area contributed by atoms with Crippen molar-refractivity contribution in [3.8, 4) is 0 Å². The van der Waals surface area contributed by atoms with E-state index in [1.165, 1.54) is 0 Å². The zero-order valence-electron chi connectivity index (χ0n) is 11.8. The summed E-state index contributed by atoms with van der Waals surface area (Å²) in [6, 6.07) is 5.29. The number of anilines is 1. The molecular formula is C14H17Cl2N5O. The van der Waals surface area contributed by atoms with E-state index < -0.39 is 0 Å². The molecule has 8 heteroatoms. The van der Waals surface area contributed by atoms with Crippen molar-refractivity contribution in [3.05, 3.63) is 48.5 Å². The van der Waals surface area contributed by atoms with Gasteiger partial charge in [-0.25, -0.2) is 9.97 Å². The predicted octanol–water partition coefficient (Wildman–Crippen LogP) is 1.68. The lowest BCUT2D eigenvalue weighted by molar-refractivity contribution is 0.0746. The lowest BCUT2D eigenvalue weighted by atomic mass is 10.2. The van der Waals surface area contributed by atoms with Crippen LogP contribution in [0.5, 0.6) is 0 Å². The molecule has 0 radical (unpaired) electrons. The quantitative estimate of drug-likeness (QED) is 0.831. The molecule has 0 aromatic carbocycles. The maximum atomic E-state index is 12.3. The van der Waals surface area contributed by atoms with Crippen LogP contribution in [0, 0.1) is 0 Å². The molecule has 0 spiro atoms. The molecule has 3 rings (SSSR count). The standard InChI is InChI=1S/C14H15N5O.2ClH/c20-13(12-2-6-15-7-3-12)18-8-10-19(11-9-18)14-16-4-1-5-17-14;;/h1-7H,8-11H2;2*1H. The monoisotopic (exact) mass is 341 g/mol. The van der Waals surface area contributed by atoms with Gasteiger partial charge in [-0.05, 0) is 18.2 Å². The molecule has 22 heavy (non-hydrogen) atoms. The van der Waals surface area contributed by atoms with E-state index in [0.717, 1.165) is 19.0 Å². The summed E-state index contributed by atoms with van der Waals surface area (Å²) < 4.78 is 0.